The van der Waals surface area contributed by atoms with E-state index in [-0.39, 0.29) is 12.5 Å². The molecule has 1 aromatic heterocycles. The lowest BCUT2D eigenvalue weighted by molar-refractivity contribution is -0.139. The van der Waals surface area contributed by atoms with Crippen LogP contribution in [0.1, 0.15) is 15.2 Å². The fourth-order valence-electron chi connectivity index (χ4n) is 1.73. The Morgan fingerprint density at radius 3 is 2.72 bits per heavy atom. The molecule has 0 fully saturated rings. The van der Waals surface area contributed by atoms with Gasteiger partial charge in [-0.05, 0) is 23.6 Å². The number of hydrogen-bond acceptors (Lipinski definition) is 6. The predicted molar refractivity (Wildman–Crippen MR) is 92.0 cm³/mol. The quantitative estimate of drug-likeness (QED) is 0.481. The van der Waals surface area contributed by atoms with Crippen LogP contribution < -0.4 is 15.5 Å². The third-order valence-corrected chi connectivity index (χ3v) is 3.69. The summed E-state index contributed by atoms with van der Waals surface area (Å²) < 4.78 is 5.12. The summed E-state index contributed by atoms with van der Waals surface area (Å²) in [4.78, 5) is 34.4. The van der Waals surface area contributed by atoms with Gasteiger partial charge in [0.25, 0.3) is 11.8 Å². The highest BCUT2D eigenvalue weighted by Crippen LogP contribution is 2.15. The van der Waals surface area contributed by atoms with Gasteiger partial charge in [-0.1, -0.05) is 18.2 Å². The van der Waals surface area contributed by atoms with Crippen LogP contribution in [0.25, 0.3) is 0 Å². The third kappa shape index (κ3) is 6.07. The monoisotopic (exact) mass is 361 g/mol. The Balaban J connectivity index is 1.83. The number of hydrazone groups is 1. The topological polar surface area (TPSA) is 117 Å². The molecule has 0 saturated heterocycles. The molecule has 8 nitrogen and oxygen atoms in total. The van der Waals surface area contributed by atoms with Gasteiger partial charge in [0, 0.05) is 5.56 Å². The van der Waals surface area contributed by atoms with Gasteiger partial charge >= 0.3 is 5.97 Å². The van der Waals surface area contributed by atoms with E-state index in [1.807, 2.05) is 0 Å². The van der Waals surface area contributed by atoms with Crippen molar-refractivity contribution in [2.45, 2.75) is 0 Å². The van der Waals surface area contributed by atoms with Crippen LogP contribution in [-0.2, 0) is 9.59 Å². The van der Waals surface area contributed by atoms with Crippen LogP contribution in [0.5, 0.6) is 5.75 Å². The number of aliphatic carboxylic acids is 1. The summed E-state index contributed by atoms with van der Waals surface area (Å²) in [6, 6.07) is 10.1. The van der Waals surface area contributed by atoms with E-state index in [1.54, 1.807) is 41.8 Å². The average molecular weight is 361 g/mol. The van der Waals surface area contributed by atoms with E-state index in [0.29, 0.717) is 16.2 Å². The lowest BCUT2D eigenvalue weighted by Crippen LogP contribution is -2.34. The average Bonchev–Trinajstić information content (AvgIpc) is 3.13. The molecule has 0 unspecified atom stereocenters. The molecule has 0 radical (unpaired) electrons. The van der Waals surface area contributed by atoms with Crippen molar-refractivity contribution in [1.29, 1.82) is 0 Å². The van der Waals surface area contributed by atoms with Gasteiger partial charge in [0.15, 0.2) is 6.61 Å². The summed E-state index contributed by atoms with van der Waals surface area (Å²) >= 11 is 1.28. The second kappa shape index (κ2) is 9.18. The van der Waals surface area contributed by atoms with Crippen molar-refractivity contribution in [2.24, 2.45) is 5.10 Å². The van der Waals surface area contributed by atoms with Crippen molar-refractivity contribution in [3.63, 3.8) is 0 Å². The van der Waals surface area contributed by atoms with Crippen LogP contribution in [0.2, 0.25) is 0 Å². The van der Waals surface area contributed by atoms with Gasteiger partial charge in [-0.2, -0.15) is 5.10 Å². The van der Waals surface area contributed by atoms with Crippen LogP contribution in [-0.4, -0.2) is 42.3 Å². The van der Waals surface area contributed by atoms with Gasteiger partial charge in [0.1, 0.15) is 5.75 Å². The van der Waals surface area contributed by atoms with E-state index in [1.165, 1.54) is 17.6 Å². The van der Waals surface area contributed by atoms with E-state index < -0.39 is 18.5 Å². The number of nitrogens with zero attached hydrogens (tertiary/aromatic N) is 1. The Kier molecular flexibility index (Phi) is 6.66. The molecule has 130 valence electrons. The first-order valence-corrected chi connectivity index (χ1v) is 8.01. The molecule has 0 aliphatic carbocycles. The number of carboxylic acids is 1. The number of carbonyl (C=O) groups excluding carboxylic acids is 2. The highest BCUT2D eigenvalue weighted by atomic mass is 32.1. The SMILES string of the molecule is O=C(O)COc1ccccc1/C=N/NC(=O)CNC(=O)c1cccs1. The molecule has 3 N–H and O–H groups in total. The first-order valence-electron chi connectivity index (χ1n) is 7.13. The zero-order chi connectivity index (χ0) is 18.1. The van der Waals surface area contributed by atoms with Gasteiger partial charge in [-0.15, -0.1) is 11.3 Å². The third-order valence-electron chi connectivity index (χ3n) is 2.82. The maximum Gasteiger partial charge on any atom is 0.341 e. The number of amides is 2. The minimum Gasteiger partial charge on any atom is -0.481 e. The second-order valence-electron chi connectivity index (χ2n) is 4.67. The Morgan fingerprint density at radius 2 is 2.00 bits per heavy atom. The Labute approximate surface area is 147 Å². The molecule has 0 saturated carbocycles. The number of thiophene rings is 1. The van der Waals surface area contributed by atoms with Crippen LogP contribution in [0, 0.1) is 0 Å². The zero-order valence-corrected chi connectivity index (χ0v) is 13.8. The van der Waals surface area contributed by atoms with E-state index in [4.69, 9.17) is 9.84 Å². The Bertz CT molecular complexity index is 774. The minimum absolute atomic E-state index is 0.217. The number of para-hydroxylation sites is 1. The maximum absolute atomic E-state index is 11.7. The van der Waals surface area contributed by atoms with Crippen molar-refractivity contribution < 1.29 is 24.2 Å². The van der Waals surface area contributed by atoms with E-state index >= 15 is 0 Å². The van der Waals surface area contributed by atoms with Crippen LogP contribution in [0.15, 0.2) is 46.9 Å². The summed E-state index contributed by atoms with van der Waals surface area (Å²) in [6.45, 7) is -0.697. The molecule has 0 bridgehead atoms. The van der Waals surface area contributed by atoms with Gasteiger partial charge in [-0.25, -0.2) is 10.2 Å². The number of carbonyl (C=O) groups is 3. The number of nitrogens with one attached hydrogen (secondary N) is 2. The van der Waals surface area contributed by atoms with Crippen LogP contribution >= 0.6 is 11.3 Å². The van der Waals surface area contributed by atoms with E-state index in [2.05, 4.69) is 15.8 Å². The minimum atomic E-state index is -1.10. The summed E-state index contributed by atoms with van der Waals surface area (Å²) in [7, 11) is 0. The molecule has 0 spiro atoms. The van der Waals surface area contributed by atoms with Gasteiger partial charge in [0.2, 0.25) is 0 Å². The number of ether oxygens (including phenoxy) is 1. The lowest BCUT2D eigenvalue weighted by Gasteiger charge is -2.06. The highest BCUT2D eigenvalue weighted by Gasteiger charge is 2.08. The van der Waals surface area contributed by atoms with Crippen LogP contribution in [0.3, 0.4) is 0 Å². The Hall–Kier alpha value is -3.20. The molecule has 0 aliphatic rings. The van der Waals surface area contributed by atoms with Crippen molar-refractivity contribution >= 4 is 35.3 Å². The van der Waals surface area contributed by atoms with Gasteiger partial charge in [0.05, 0.1) is 17.6 Å². The van der Waals surface area contributed by atoms with Crippen molar-refractivity contribution in [3.05, 3.63) is 52.2 Å². The molecule has 2 rings (SSSR count). The van der Waals surface area contributed by atoms with Gasteiger partial charge < -0.3 is 15.2 Å². The number of rotatable bonds is 8. The first kappa shape index (κ1) is 18.1. The second-order valence-corrected chi connectivity index (χ2v) is 5.62. The molecule has 2 amide bonds. The van der Waals surface area contributed by atoms with E-state index in [0.717, 1.165) is 0 Å². The molecular weight excluding hydrogens is 346 g/mol. The molecule has 0 aliphatic heterocycles. The molecular formula is C16H15N3O5S. The molecule has 1 heterocycles. The number of hydrogen-bond donors (Lipinski definition) is 3. The molecule has 1 aromatic carbocycles. The van der Waals surface area contributed by atoms with Crippen molar-refractivity contribution in [3.8, 4) is 5.75 Å². The zero-order valence-electron chi connectivity index (χ0n) is 13.0. The molecule has 0 atom stereocenters. The first-order chi connectivity index (χ1) is 12.1. The smallest absolute Gasteiger partial charge is 0.341 e. The van der Waals surface area contributed by atoms with Crippen LogP contribution in [0.4, 0.5) is 0 Å². The molecule has 2 aromatic rings. The number of benzene rings is 1. The van der Waals surface area contributed by atoms with Crippen molar-refractivity contribution in [1.82, 2.24) is 10.7 Å². The maximum atomic E-state index is 11.7. The Morgan fingerprint density at radius 1 is 1.20 bits per heavy atom. The lowest BCUT2D eigenvalue weighted by atomic mass is 10.2. The standard InChI is InChI=1S/C16H15N3O5S/c20-14(9-17-16(23)13-6-3-7-25-13)19-18-8-11-4-1-2-5-12(11)24-10-15(21)22/h1-8H,9-10H2,(H,17,23)(H,19,20)(H,21,22)/b18-8+. The highest BCUT2D eigenvalue weighted by molar-refractivity contribution is 7.12. The fraction of sp³-hybridized carbons (Fsp3) is 0.125. The molecule has 25 heavy (non-hydrogen) atoms. The largest absolute Gasteiger partial charge is 0.481 e. The summed E-state index contributed by atoms with van der Waals surface area (Å²) in [5.41, 5.74) is 2.78. The summed E-state index contributed by atoms with van der Waals surface area (Å²) in [5.74, 6) is -1.60. The van der Waals surface area contributed by atoms with E-state index in [9.17, 15) is 14.4 Å². The summed E-state index contributed by atoms with van der Waals surface area (Å²) in [5, 5.41) is 16.6. The number of carboxylic acid groups (broad SMARTS) is 1. The predicted octanol–water partition coefficient (Wildman–Crippen LogP) is 1.09. The molecule has 9 heteroatoms. The fourth-order valence-corrected chi connectivity index (χ4v) is 2.37. The van der Waals surface area contributed by atoms with Crippen molar-refractivity contribution in [2.75, 3.05) is 13.2 Å². The normalized spacial score (nSPS) is 10.4. The van der Waals surface area contributed by atoms with Gasteiger partial charge in [-0.3, -0.25) is 9.59 Å². The summed E-state index contributed by atoms with van der Waals surface area (Å²) in [6.07, 6.45) is 1.33.